The Balaban J connectivity index is 1.58. The van der Waals surface area contributed by atoms with Gasteiger partial charge in [0.25, 0.3) is 5.91 Å². The fraction of sp³-hybridized carbons (Fsp3) is 0.182. The second-order valence-electron chi connectivity index (χ2n) is 6.80. The van der Waals surface area contributed by atoms with Crippen LogP contribution in [0.25, 0.3) is 0 Å². The number of amides is 2. The first kappa shape index (κ1) is 19.5. The van der Waals surface area contributed by atoms with Gasteiger partial charge in [0, 0.05) is 15.6 Å². The van der Waals surface area contributed by atoms with E-state index in [1.807, 2.05) is 29.6 Å². The van der Waals surface area contributed by atoms with Gasteiger partial charge in [-0.1, -0.05) is 29.8 Å². The number of nitrogens with one attached hydrogen (secondary N) is 1. The highest BCUT2D eigenvalue weighted by Crippen LogP contribution is 2.37. The minimum Gasteiger partial charge on any atom is -0.479 e. The Hall–Kier alpha value is -2.83. The van der Waals surface area contributed by atoms with Crippen LogP contribution in [-0.2, 0) is 22.6 Å². The molecule has 2 aromatic carbocycles. The van der Waals surface area contributed by atoms with Crippen LogP contribution in [0.5, 0.6) is 5.75 Å². The average molecular weight is 427 g/mol. The topological polar surface area (TPSA) is 58.6 Å². The quantitative estimate of drug-likeness (QED) is 0.631. The summed E-state index contributed by atoms with van der Waals surface area (Å²) >= 11 is 7.51. The van der Waals surface area contributed by atoms with E-state index in [1.54, 1.807) is 53.5 Å². The molecular weight excluding hydrogens is 408 g/mol. The second-order valence-corrected chi connectivity index (χ2v) is 8.27. The van der Waals surface area contributed by atoms with Gasteiger partial charge >= 0.3 is 0 Å². The number of carbonyl (C=O) groups excluding carboxylic acids is 2. The van der Waals surface area contributed by atoms with Gasteiger partial charge in [0.15, 0.2) is 6.10 Å². The smallest absolute Gasteiger partial charge is 0.268 e. The Labute approximate surface area is 177 Å². The van der Waals surface area contributed by atoms with Crippen molar-refractivity contribution in [3.8, 4) is 5.75 Å². The van der Waals surface area contributed by atoms with E-state index in [9.17, 15) is 9.59 Å². The highest BCUT2D eigenvalue weighted by Gasteiger charge is 2.31. The predicted molar refractivity (Wildman–Crippen MR) is 116 cm³/mol. The molecule has 148 valence electrons. The van der Waals surface area contributed by atoms with Crippen molar-refractivity contribution in [1.29, 1.82) is 0 Å². The SMILES string of the molecule is CC1Oc2ccc(NC(=O)Cc3cccs3)cc2N(Cc2ccc(Cl)cc2)C1=O. The van der Waals surface area contributed by atoms with Gasteiger partial charge < -0.3 is 15.0 Å². The molecule has 2 heterocycles. The summed E-state index contributed by atoms with van der Waals surface area (Å²) in [7, 11) is 0. The molecule has 0 radical (unpaired) electrons. The molecule has 0 saturated heterocycles. The lowest BCUT2D eigenvalue weighted by Crippen LogP contribution is -2.44. The van der Waals surface area contributed by atoms with Crippen LogP contribution >= 0.6 is 22.9 Å². The van der Waals surface area contributed by atoms with Gasteiger partial charge in [-0.05, 0) is 54.3 Å². The van der Waals surface area contributed by atoms with Crippen molar-refractivity contribution in [2.75, 3.05) is 10.2 Å². The molecule has 2 amide bonds. The molecular formula is C22H19ClN2O3S. The number of nitrogens with zero attached hydrogens (tertiary/aromatic N) is 1. The lowest BCUT2D eigenvalue weighted by atomic mass is 10.1. The summed E-state index contributed by atoms with van der Waals surface area (Å²) in [5, 5.41) is 5.49. The van der Waals surface area contributed by atoms with Crippen molar-refractivity contribution in [2.24, 2.45) is 0 Å². The molecule has 5 nitrogen and oxygen atoms in total. The van der Waals surface area contributed by atoms with Crippen molar-refractivity contribution in [3.63, 3.8) is 0 Å². The number of hydrogen-bond donors (Lipinski definition) is 1. The first-order chi connectivity index (χ1) is 14.0. The molecule has 0 aliphatic carbocycles. The lowest BCUT2D eigenvalue weighted by molar-refractivity contribution is -0.125. The average Bonchev–Trinajstić information content (AvgIpc) is 3.20. The molecule has 1 N–H and O–H groups in total. The van der Waals surface area contributed by atoms with Gasteiger partial charge in [-0.2, -0.15) is 0 Å². The third-order valence-corrected chi connectivity index (χ3v) is 5.75. The predicted octanol–water partition coefficient (Wildman–Crippen LogP) is 4.90. The molecule has 0 fully saturated rings. The van der Waals surface area contributed by atoms with E-state index >= 15 is 0 Å². The Kier molecular flexibility index (Phi) is 5.56. The van der Waals surface area contributed by atoms with Crippen LogP contribution in [-0.4, -0.2) is 17.9 Å². The fourth-order valence-corrected chi connectivity index (χ4v) is 4.03. The standard InChI is InChI=1S/C22H19ClN2O3S/c1-14-22(27)25(13-15-4-6-16(23)7-5-15)19-11-17(8-9-20(19)28-14)24-21(26)12-18-3-2-10-29-18/h2-11,14H,12-13H2,1H3,(H,24,26). The van der Waals surface area contributed by atoms with E-state index in [4.69, 9.17) is 16.3 Å². The van der Waals surface area contributed by atoms with Crippen LogP contribution in [0.1, 0.15) is 17.4 Å². The zero-order valence-corrected chi connectivity index (χ0v) is 17.3. The summed E-state index contributed by atoms with van der Waals surface area (Å²) in [6.45, 7) is 2.13. The van der Waals surface area contributed by atoms with Crippen molar-refractivity contribution in [2.45, 2.75) is 26.0 Å². The van der Waals surface area contributed by atoms with Crippen molar-refractivity contribution in [1.82, 2.24) is 0 Å². The third-order valence-electron chi connectivity index (χ3n) is 4.62. The zero-order chi connectivity index (χ0) is 20.4. The maximum absolute atomic E-state index is 12.8. The molecule has 1 unspecified atom stereocenters. The van der Waals surface area contributed by atoms with Crippen LogP contribution < -0.4 is 15.0 Å². The van der Waals surface area contributed by atoms with E-state index in [0.29, 0.717) is 35.1 Å². The summed E-state index contributed by atoms with van der Waals surface area (Å²) in [6, 6.07) is 16.6. The van der Waals surface area contributed by atoms with Crippen molar-refractivity contribution >= 4 is 46.1 Å². The number of fused-ring (bicyclic) bond motifs is 1. The number of halogens is 1. The summed E-state index contributed by atoms with van der Waals surface area (Å²) in [4.78, 5) is 27.8. The minimum absolute atomic E-state index is 0.104. The number of carbonyl (C=O) groups is 2. The van der Waals surface area contributed by atoms with Gasteiger partial charge in [-0.25, -0.2) is 0 Å². The molecule has 0 saturated carbocycles. The highest BCUT2D eigenvalue weighted by atomic mass is 35.5. The summed E-state index contributed by atoms with van der Waals surface area (Å²) in [5.74, 6) is 0.380. The van der Waals surface area contributed by atoms with Gasteiger partial charge in [0.2, 0.25) is 5.91 Å². The van der Waals surface area contributed by atoms with E-state index in [1.165, 1.54) is 0 Å². The van der Waals surface area contributed by atoms with Gasteiger partial charge in [-0.3, -0.25) is 9.59 Å². The van der Waals surface area contributed by atoms with E-state index in [-0.39, 0.29) is 11.8 Å². The van der Waals surface area contributed by atoms with Crippen LogP contribution in [0.3, 0.4) is 0 Å². The number of rotatable bonds is 5. The fourth-order valence-electron chi connectivity index (χ4n) is 3.20. The Morgan fingerprint density at radius 3 is 2.72 bits per heavy atom. The zero-order valence-electron chi connectivity index (χ0n) is 15.7. The number of anilines is 2. The monoisotopic (exact) mass is 426 g/mol. The van der Waals surface area contributed by atoms with Crippen LogP contribution in [0.2, 0.25) is 5.02 Å². The normalized spacial score (nSPS) is 15.6. The van der Waals surface area contributed by atoms with Crippen molar-refractivity contribution in [3.05, 3.63) is 75.4 Å². The first-order valence-electron chi connectivity index (χ1n) is 9.18. The molecule has 4 rings (SSSR count). The largest absolute Gasteiger partial charge is 0.479 e. The van der Waals surface area contributed by atoms with Gasteiger partial charge in [0.1, 0.15) is 5.75 Å². The maximum Gasteiger partial charge on any atom is 0.268 e. The second kappa shape index (κ2) is 8.27. The van der Waals surface area contributed by atoms with Crippen molar-refractivity contribution < 1.29 is 14.3 Å². The summed E-state index contributed by atoms with van der Waals surface area (Å²) in [5.41, 5.74) is 2.21. The van der Waals surface area contributed by atoms with Gasteiger partial charge in [-0.15, -0.1) is 11.3 Å². The molecule has 3 aromatic rings. The number of ether oxygens (including phenoxy) is 1. The molecule has 1 atom stereocenters. The van der Waals surface area contributed by atoms with Crippen LogP contribution in [0.4, 0.5) is 11.4 Å². The highest BCUT2D eigenvalue weighted by molar-refractivity contribution is 7.10. The number of thiophene rings is 1. The minimum atomic E-state index is -0.575. The molecule has 0 bridgehead atoms. The Morgan fingerprint density at radius 2 is 2.00 bits per heavy atom. The van der Waals surface area contributed by atoms with Crippen LogP contribution in [0, 0.1) is 0 Å². The third kappa shape index (κ3) is 4.44. The van der Waals surface area contributed by atoms with E-state index in [0.717, 1.165) is 10.4 Å². The Bertz CT molecular complexity index is 1030. The molecule has 29 heavy (non-hydrogen) atoms. The molecule has 0 spiro atoms. The molecule has 1 aliphatic rings. The van der Waals surface area contributed by atoms with E-state index < -0.39 is 6.10 Å². The molecule has 7 heteroatoms. The Morgan fingerprint density at radius 1 is 1.21 bits per heavy atom. The van der Waals surface area contributed by atoms with E-state index in [2.05, 4.69) is 5.32 Å². The van der Waals surface area contributed by atoms with Crippen LogP contribution in [0.15, 0.2) is 60.0 Å². The number of benzene rings is 2. The lowest BCUT2D eigenvalue weighted by Gasteiger charge is -2.33. The molecule has 1 aliphatic heterocycles. The maximum atomic E-state index is 12.8. The number of hydrogen-bond acceptors (Lipinski definition) is 4. The summed E-state index contributed by atoms with van der Waals surface area (Å²) < 4.78 is 5.75. The first-order valence-corrected chi connectivity index (χ1v) is 10.4. The van der Waals surface area contributed by atoms with Gasteiger partial charge in [0.05, 0.1) is 18.7 Å². The molecule has 1 aromatic heterocycles. The summed E-state index contributed by atoms with van der Waals surface area (Å²) in [6.07, 6.45) is -0.260.